The smallest absolute Gasteiger partial charge is 0.326 e. The topological polar surface area (TPSA) is 192 Å². The van der Waals surface area contributed by atoms with Gasteiger partial charge in [0.1, 0.15) is 11.6 Å². The van der Waals surface area contributed by atoms with Gasteiger partial charge in [-0.15, -0.1) is 0 Å². The molecule has 4 aliphatic carbocycles. The molecule has 0 bridgehead atoms. The highest BCUT2D eigenvalue weighted by atomic mass is 16.5. The van der Waals surface area contributed by atoms with E-state index in [1.54, 1.807) is 6.20 Å². The van der Waals surface area contributed by atoms with E-state index in [4.69, 9.17) is 4.74 Å². The number of nitrogens with one attached hydrogen (secondary N) is 3. The molecule has 0 aliphatic heterocycles. The highest BCUT2D eigenvalue weighted by Crippen LogP contribution is 2.67. The van der Waals surface area contributed by atoms with Crippen LogP contribution in [0.5, 0.6) is 0 Å². The number of fused-ring (bicyclic) bond motifs is 6. The van der Waals surface area contributed by atoms with Crippen molar-refractivity contribution in [3.8, 4) is 0 Å². The molecule has 0 spiro atoms. The number of H-pyrrole nitrogens is 1. The summed E-state index contributed by atoms with van der Waals surface area (Å²) in [4.78, 5) is 77.9. The Kier molecular flexibility index (Phi) is 9.78. The summed E-state index contributed by atoms with van der Waals surface area (Å²) < 4.78 is 5.23. The van der Waals surface area contributed by atoms with E-state index >= 15 is 0 Å². The average Bonchev–Trinajstić information content (AvgIpc) is 3.63. The molecule has 2 amide bonds. The summed E-state index contributed by atoms with van der Waals surface area (Å²) in [6.07, 6.45) is 8.75. The number of hydrogen-bond acceptors (Lipinski definition) is 8. The maximum absolute atomic E-state index is 13.5. The minimum atomic E-state index is -1.62. The summed E-state index contributed by atoms with van der Waals surface area (Å²) in [7, 11) is 0. The van der Waals surface area contributed by atoms with Crippen molar-refractivity contribution < 1.29 is 43.7 Å². The molecule has 1 aromatic carbocycles. The van der Waals surface area contributed by atoms with Crippen molar-refractivity contribution in [1.82, 2.24) is 15.6 Å². The third-order valence-corrected chi connectivity index (χ3v) is 12.7. The number of para-hydroxylation sites is 1. The SMILES string of the molecule is C[C@]12CCC(=O)C=C1CC[C@@H]1[C@@H]2CC[C@@]2(C)[C@H]1CC[C@]2(O)C(=O)COC(=O)CCC(=O)NCC(=O)N[C@H](Cc1c[nH]c2ccccc12)C(=O)O. The van der Waals surface area contributed by atoms with Crippen molar-refractivity contribution in [2.75, 3.05) is 13.2 Å². The molecule has 4 aliphatic rings. The molecule has 3 fully saturated rings. The Bertz CT molecular complexity index is 1750. The van der Waals surface area contributed by atoms with Gasteiger partial charge in [-0.2, -0.15) is 0 Å². The quantitative estimate of drug-likeness (QED) is 0.207. The lowest BCUT2D eigenvalue weighted by Gasteiger charge is -2.58. The van der Waals surface area contributed by atoms with Gasteiger partial charge in [-0.1, -0.05) is 37.6 Å². The number of aliphatic hydroxyl groups is 1. The molecule has 1 aromatic heterocycles. The summed E-state index contributed by atoms with van der Waals surface area (Å²) in [5.41, 5.74) is 0.552. The van der Waals surface area contributed by atoms with E-state index in [1.165, 1.54) is 5.57 Å². The molecule has 3 saturated carbocycles. The molecule has 2 aromatic rings. The van der Waals surface area contributed by atoms with E-state index in [-0.39, 0.29) is 36.4 Å². The summed E-state index contributed by atoms with van der Waals surface area (Å²) in [6, 6.07) is 6.19. The molecule has 50 heavy (non-hydrogen) atoms. The molecule has 1 heterocycles. The number of carbonyl (C=O) groups is 6. The molecule has 7 atom stereocenters. The second-order valence-electron chi connectivity index (χ2n) is 15.2. The largest absolute Gasteiger partial charge is 0.480 e. The van der Waals surface area contributed by atoms with Gasteiger partial charge in [-0.3, -0.25) is 24.0 Å². The lowest BCUT2D eigenvalue weighted by molar-refractivity contribution is -0.170. The van der Waals surface area contributed by atoms with Crippen LogP contribution in [0.25, 0.3) is 10.9 Å². The van der Waals surface area contributed by atoms with Gasteiger partial charge in [0.15, 0.2) is 12.4 Å². The van der Waals surface area contributed by atoms with Crippen molar-refractivity contribution in [2.24, 2.45) is 28.6 Å². The first-order valence-corrected chi connectivity index (χ1v) is 17.7. The number of Topliss-reactive ketones (excluding diaryl/α,β-unsaturated/α-hetero) is 1. The number of aromatic nitrogens is 1. The maximum Gasteiger partial charge on any atom is 0.326 e. The van der Waals surface area contributed by atoms with Crippen LogP contribution in [0.15, 0.2) is 42.1 Å². The second kappa shape index (κ2) is 13.8. The number of carbonyl (C=O) groups excluding carboxylic acids is 5. The number of amides is 2. The zero-order valence-electron chi connectivity index (χ0n) is 28.7. The van der Waals surface area contributed by atoms with E-state index in [0.717, 1.165) is 42.1 Å². The monoisotopic (exact) mass is 689 g/mol. The predicted molar refractivity (Wildman–Crippen MR) is 181 cm³/mol. The molecule has 5 N–H and O–H groups in total. The van der Waals surface area contributed by atoms with E-state index < -0.39 is 59.7 Å². The lowest BCUT2D eigenvalue weighted by Crippen LogP contribution is -2.58. The Morgan fingerprint density at radius 3 is 2.52 bits per heavy atom. The Balaban J connectivity index is 0.945. The number of esters is 1. The number of rotatable bonds is 12. The number of carboxylic acids is 1. The summed E-state index contributed by atoms with van der Waals surface area (Å²) in [5.74, 6) is -2.71. The van der Waals surface area contributed by atoms with Crippen LogP contribution >= 0.6 is 0 Å². The minimum Gasteiger partial charge on any atom is -0.480 e. The highest BCUT2D eigenvalue weighted by Gasteiger charge is 2.66. The van der Waals surface area contributed by atoms with E-state index in [9.17, 15) is 39.0 Å². The molecule has 268 valence electrons. The highest BCUT2D eigenvalue weighted by molar-refractivity contribution is 5.93. The van der Waals surface area contributed by atoms with E-state index in [1.807, 2.05) is 37.3 Å². The Morgan fingerprint density at radius 2 is 1.74 bits per heavy atom. The summed E-state index contributed by atoms with van der Waals surface area (Å²) in [6.45, 7) is 3.22. The number of aliphatic carboxylic acids is 1. The third kappa shape index (κ3) is 6.50. The lowest BCUT2D eigenvalue weighted by atomic mass is 9.46. The van der Waals surface area contributed by atoms with Gasteiger partial charge < -0.3 is 30.6 Å². The Morgan fingerprint density at radius 1 is 0.980 bits per heavy atom. The Labute approximate surface area is 290 Å². The fourth-order valence-electron chi connectivity index (χ4n) is 9.82. The molecule has 12 nitrogen and oxygen atoms in total. The van der Waals surface area contributed by atoms with Gasteiger partial charge in [-0.25, -0.2) is 4.79 Å². The van der Waals surface area contributed by atoms with Crippen LogP contribution in [0.2, 0.25) is 0 Å². The van der Waals surface area contributed by atoms with Crippen LogP contribution in [0.4, 0.5) is 0 Å². The third-order valence-electron chi connectivity index (χ3n) is 12.7. The molecule has 6 rings (SSSR count). The van der Waals surface area contributed by atoms with Gasteiger partial charge in [0.25, 0.3) is 0 Å². The molecule has 0 radical (unpaired) electrons. The standard InChI is InChI=1S/C38H47N3O9/c1-36-14-11-24(42)18-23(36)7-8-26-27(36)12-15-37(2)28(26)13-16-38(37,49)31(43)21-50-34(46)10-9-32(44)40-20-33(45)41-30(35(47)48)17-22-19-39-29-6-4-3-5-25(22)29/h3-6,18-19,26-28,30,39,49H,7-17,20-21H2,1-2H3,(H,40,44)(H,41,45)(H,47,48)/t26-,27+,28+,30-,36+,37+,38+/m1/s1. The second-order valence-corrected chi connectivity index (χ2v) is 15.2. The van der Waals surface area contributed by atoms with Crippen LogP contribution in [-0.4, -0.2) is 75.3 Å². The molecule has 0 saturated heterocycles. The maximum atomic E-state index is 13.5. The first-order valence-electron chi connectivity index (χ1n) is 17.7. The van der Waals surface area contributed by atoms with E-state index in [0.29, 0.717) is 37.5 Å². The number of aromatic amines is 1. The Hall–Kier alpha value is -4.32. The fraction of sp³-hybridized carbons (Fsp3) is 0.579. The van der Waals surface area contributed by atoms with E-state index in [2.05, 4.69) is 22.5 Å². The fourth-order valence-corrected chi connectivity index (χ4v) is 9.82. The van der Waals surface area contributed by atoms with Crippen molar-refractivity contribution in [2.45, 2.75) is 96.1 Å². The number of hydrogen-bond donors (Lipinski definition) is 5. The molecular weight excluding hydrogens is 642 g/mol. The first kappa shape index (κ1) is 35.5. The zero-order chi connectivity index (χ0) is 35.8. The molecule has 12 heteroatoms. The minimum absolute atomic E-state index is 0.0200. The number of allylic oxidation sites excluding steroid dienone is 1. The normalized spacial score (nSPS) is 30.7. The van der Waals surface area contributed by atoms with Gasteiger partial charge in [0, 0.05) is 41.8 Å². The summed E-state index contributed by atoms with van der Waals surface area (Å²) >= 11 is 0. The number of carboxylic acid groups (broad SMARTS) is 1. The first-order chi connectivity index (χ1) is 23.7. The molecule has 0 unspecified atom stereocenters. The van der Waals surface area contributed by atoms with Crippen LogP contribution in [-0.2, 0) is 39.9 Å². The van der Waals surface area contributed by atoms with Crippen molar-refractivity contribution in [1.29, 1.82) is 0 Å². The van der Waals surface area contributed by atoms with Gasteiger partial charge >= 0.3 is 11.9 Å². The van der Waals surface area contributed by atoms with Crippen molar-refractivity contribution >= 4 is 46.2 Å². The van der Waals surface area contributed by atoms with Gasteiger partial charge in [0.2, 0.25) is 17.6 Å². The number of ketones is 2. The number of benzene rings is 1. The van der Waals surface area contributed by atoms with Crippen LogP contribution in [0.3, 0.4) is 0 Å². The van der Waals surface area contributed by atoms with Gasteiger partial charge in [0.05, 0.1) is 13.0 Å². The van der Waals surface area contributed by atoms with Crippen molar-refractivity contribution in [3.05, 3.63) is 47.7 Å². The average molecular weight is 690 g/mol. The van der Waals surface area contributed by atoms with Gasteiger partial charge in [-0.05, 0) is 85.8 Å². The van der Waals surface area contributed by atoms with Crippen LogP contribution in [0, 0.1) is 28.6 Å². The number of ether oxygens (including phenoxy) is 1. The van der Waals surface area contributed by atoms with Crippen LogP contribution < -0.4 is 10.6 Å². The van der Waals surface area contributed by atoms with Crippen LogP contribution in [0.1, 0.15) is 83.6 Å². The predicted octanol–water partition coefficient (Wildman–Crippen LogP) is 3.55. The zero-order valence-corrected chi connectivity index (χ0v) is 28.7. The molecular formula is C38H47N3O9. The summed E-state index contributed by atoms with van der Waals surface area (Å²) in [5, 5.41) is 27.2. The van der Waals surface area contributed by atoms with Crippen molar-refractivity contribution in [3.63, 3.8) is 0 Å².